The first-order chi connectivity index (χ1) is 18.0. The van der Waals surface area contributed by atoms with Gasteiger partial charge in [0.2, 0.25) is 0 Å². The van der Waals surface area contributed by atoms with E-state index in [9.17, 15) is 4.79 Å². The zero-order valence-electron chi connectivity index (χ0n) is 22.0. The lowest BCUT2D eigenvalue weighted by Crippen LogP contribution is -2.28. The number of carbonyl (C=O) groups is 1. The maximum absolute atomic E-state index is 13.1. The van der Waals surface area contributed by atoms with E-state index in [0.29, 0.717) is 11.4 Å². The summed E-state index contributed by atoms with van der Waals surface area (Å²) in [4.78, 5) is 13.1. The molecule has 1 N–H and O–H groups in total. The van der Waals surface area contributed by atoms with Crippen LogP contribution >= 0.6 is 11.8 Å². The predicted molar refractivity (Wildman–Crippen MR) is 152 cm³/mol. The molecule has 1 aromatic heterocycles. The number of amides is 1. The van der Waals surface area contributed by atoms with Crippen LogP contribution in [0.5, 0.6) is 0 Å². The molecule has 0 aliphatic heterocycles. The monoisotopic (exact) mass is 512 g/mol. The molecule has 0 aliphatic carbocycles. The van der Waals surface area contributed by atoms with Gasteiger partial charge in [-0.2, -0.15) is 0 Å². The SMILES string of the molecule is CCCCCCc1ccc(C(=O)NC(C)c2nnc(SCc3ccccc3)n2-c2ccc(C)cc2)cc1. The third kappa shape index (κ3) is 7.32. The van der Waals surface area contributed by atoms with Crippen molar-refractivity contribution in [2.75, 3.05) is 0 Å². The third-order valence-corrected chi connectivity index (χ3v) is 7.43. The van der Waals surface area contributed by atoms with E-state index in [0.717, 1.165) is 23.0 Å². The molecule has 3 aromatic carbocycles. The summed E-state index contributed by atoms with van der Waals surface area (Å²) in [6.45, 7) is 6.25. The number of carbonyl (C=O) groups excluding carboxylic acids is 1. The molecule has 4 aromatic rings. The van der Waals surface area contributed by atoms with E-state index < -0.39 is 0 Å². The first-order valence-corrected chi connectivity index (χ1v) is 14.1. The average molecular weight is 513 g/mol. The Bertz CT molecular complexity index is 1270. The van der Waals surface area contributed by atoms with Gasteiger partial charge in [-0.05, 0) is 62.1 Å². The Morgan fingerprint density at radius 2 is 1.62 bits per heavy atom. The second kappa shape index (κ2) is 13.2. The molecular weight excluding hydrogens is 476 g/mol. The Balaban J connectivity index is 1.49. The zero-order chi connectivity index (χ0) is 26.0. The van der Waals surface area contributed by atoms with Gasteiger partial charge < -0.3 is 5.32 Å². The fourth-order valence-electron chi connectivity index (χ4n) is 4.24. The summed E-state index contributed by atoms with van der Waals surface area (Å²) >= 11 is 1.64. The van der Waals surface area contributed by atoms with Crippen molar-refractivity contribution in [3.8, 4) is 5.69 Å². The maximum Gasteiger partial charge on any atom is 0.251 e. The average Bonchev–Trinajstić information content (AvgIpc) is 3.35. The van der Waals surface area contributed by atoms with Crippen LogP contribution in [0.3, 0.4) is 0 Å². The molecule has 1 atom stereocenters. The summed E-state index contributed by atoms with van der Waals surface area (Å²) < 4.78 is 2.05. The Labute approximate surface area is 224 Å². The number of nitrogens with zero attached hydrogens (tertiary/aromatic N) is 3. The second-order valence-electron chi connectivity index (χ2n) is 9.49. The Morgan fingerprint density at radius 1 is 0.892 bits per heavy atom. The molecule has 1 heterocycles. The van der Waals surface area contributed by atoms with E-state index in [-0.39, 0.29) is 11.9 Å². The lowest BCUT2D eigenvalue weighted by Gasteiger charge is -2.17. The topological polar surface area (TPSA) is 59.8 Å². The highest BCUT2D eigenvalue weighted by Gasteiger charge is 2.21. The van der Waals surface area contributed by atoms with Gasteiger partial charge in [-0.1, -0.05) is 98.1 Å². The Hall–Kier alpha value is -3.38. The van der Waals surface area contributed by atoms with E-state index in [1.54, 1.807) is 11.8 Å². The summed E-state index contributed by atoms with van der Waals surface area (Å²) in [6.07, 6.45) is 6.01. The Morgan fingerprint density at radius 3 is 2.32 bits per heavy atom. The minimum atomic E-state index is -0.318. The molecule has 0 spiro atoms. The first-order valence-electron chi connectivity index (χ1n) is 13.1. The first kappa shape index (κ1) is 26.7. The van der Waals surface area contributed by atoms with Gasteiger partial charge in [0.25, 0.3) is 5.91 Å². The normalized spacial score (nSPS) is 11.9. The van der Waals surface area contributed by atoms with Gasteiger partial charge in [0.15, 0.2) is 11.0 Å². The van der Waals surface area contributed by atoms with Crippen LogP contribution in [0.25, 0.3) is 5.69 Å². The van der Waals surface area contributed by atoms with Crippen LogP contribution in [-0.4, -0.2) is 20.7 Å². The summed E-state index contributed by atoms with van der Waals surface area (Å²) in [6, 6.07) is 26.3. The van der Waals surface area contributed by atoms with Gasteiger partial charge in [0.05, 0.1) is 6.04 Å². The largest absolute Gasteiger partial charge is 0.342 e. The van der Waals surface area contributed by atoms with Crippen LogP contribution in [0, 0.1) is 6.92 Å². The number of hydrogen-bond acceptors (Lipinski definition) is 4. The summed E-state index contributed by atoms with van der Waals surface area (Å²) in [7, 11) is 0. The van der Waals surface area contributed by atoms with Crippen LogP contribution < -0.4 is 5.32 Å². The van der Waals surface area contributed by atoms with E-state index in [1.807, 2.05) is 37.3 Å². The molecule has 1 unspecified atom stereocenters. The number of benzene rings is 3. The molecule has 0 saturated carbocycles. The number of aromatic nitrogens is 3. The van der Waals surface area contributed by atoms with E-state index in [1.165, 1.54) is 42.4 Å². The van der Waals surface area contributed by atoms with Gasteiger partial charge in [0.1, 0.15) is 0 Å². The van der Waals surface area contributed by atoms with Crippen LogP contribution in [0.1, 0.15) is 78.4 Å². The number of aryl methyl sites for hydroxylation is 2. The summed E-state index contributed by atoms with van der Waals surface area (Å²) in [5, 5.41) is 13.0. The minimum Gasteiger partial charge on any atom is -0.342 e. The molecule has 5 nitrogen and oxygen atoms in total. The molecule has 0 fully saturated rings. The van der Waals surface area contributed by atoms with E-state index in [4.69, 9.17) is 0 Å². The van der Waals surface area contributed by atoms with E-state index >= 15 is 0 Å². The van der Waals surface area contributed by atoms with Gasteiger partial charge in [0, 0.05) is 17.0 Å². The van der Waals surface area contributed by atoms with Gasteiger partial charge in [-0.3, -0.25) is 9.36 Å². The van der Waals surface area contributed by atoms with Gasteiger partial charge >= 0.3 is 0 Å². The molecule has 37 heavy (non-hydrogen) atoms. The molecule has 0 aliphatic rings. The van der Waals surface area contributed by atoms with Crippen molar-refractivity contribution in [2.24, 2.45) is 0 Å². The van der Waals surface area contributed by atoms with Crippen molar-refractivity contribution in [1.29, 1.82) is 0 Å². The van der Waals surface area contributed by atoms with Gasteiger partial charge in [-0.15, -0.1) is 10.2 Å². The van der Waals surface area contributed by atoms with Crippen molar-refractivity contribution in [1.82, 2.24) is 20.1 Å². The van der Waals surface area contributed by atoms with Crippen molar-refractivity contribution in [3.63, 3.8) is 0 Å². The predicted octanol–water partition coefficient (Wildman–Crippen LogP) is 7.48. The molecule has 4 rings (SSSR count). The molecule has 6 heteroatoms. The highest BCUT2D eigenvalue weighted by atomic mass is 32.2. The number of rotatable bonds is 12. The van der Waals surface area contributed by atoms with Crippen LogP contribution in [0.4, 0.5) is 0 Å². The highest BCUT2D eigenvalue weighted by molar-refractivity contribution is 7.98. The van der Waals surface area contributed by atoms with Crippen molar-refractivity contribution in [2.45, 2.75) is 69.8 Å². The minimum absolute atomic E-state index is 0.109. The smallest absolute Gasteiger partial charge is 0.251 e. The quantitative estimate of drug-likeness (QED) is 0.158. The lowest BCUT2D eigenvalue weighted by atomic mass is 10.0. The fraction of sp³-hybridized carbons (Fsp3) is 0.323. The number of unbranched alkanes of at least 4 members (excludes halogenated alkanes) is 3. The number of thioether (sulfide) groups is 1. The highest BCUT2D eigenvalue weighted by Crippen LogP contribution is 2.28. The summed E-state index contributed by atoms with van der Waals surface area (Å²) in [5.41, 5.74) is 5.33. The Kier molecular flexibility index (Phi) is 9.55. The molecule has 1 amide bonds. The lowest BCUT2D eigenvalue weighted by molar-refractivity contribution is 0.0938. The molecule has 192 valence electrons. The van der Waals surface area contributed by atoms with Crippen molar-refractivity contribution in [3.05, 3.63) is 107 Å². The molecular formula is C31H36N4OS. The van der Waals surface area contributed by atoms with Crippen LogP contribution in [0.15, 0.2) is 84.0 Å². The molecule has 0 radical (unpaired) electrons. The standard InChI is InChI=1S/C31H36N4OS/c1-4-5-6-8-11-25-16-18-27(19-17-25)30(36)32-24(3)29-33-34-31(37-22-26-12-9-7-10-13-26)35(29)28-20-14-23(2)15-21-28/h7,9-10,12-21,24H,4-6,8,11,22H2,1-3H3,(H,32,36). The second-order valence-corrected chi connectivity index (χ2v) is 10.4. The zero-order valence-corrected chi connectivity index (χ0v) is 22.8. The van der Waals surface area contributed by atoms with Crippen molar-refractivity contribution >= 4 is 17.7 Å². The third-order valence-electron chi connectivity index (χ3n) is 6.43. The molecule has 0 bridgehead atoms. The van der Waals surface area contributed by atoms with Gasteiger partial charge in [-0.25, -0.2) is 0 Å². The van der Waals surface area contributed by atoms with Crippen LogP contribution in [-0.2, 0) is 12.2 Å². The van der Waals surface area contributed by atoms with Crippen molar-refractivity contribution < 1.29 is 4.79 Å². The maximum atomic E-state index is 13.1. The van der Waals surface area contributed by atoms with E-state index in [2.05, 4.69) is 82.5 Å². The van der Waals surface area contributed by atoms with Crippen LogP contribution in [0.2, 0.25) is 0 Å². The number of nitrogens with one attached hydrogen (secondary N) is 1. The number of hydrogen-bond donors (Lipinski definition) is 1. The molecule has 0 saturated heterocycles. The summed E-state index contributed by atoms with van der Waals surface area (Å²) in [5.74, 6) is 1.39. The fourth-order valence-corrected chi connectivity index (χ4v) is 5.15.